The van der Waals surface area contributed by atoms with E-state index in [1.54, 1.807) is 66.7 Å². The number of fused-ring (bicyclic) bond motifs is 1. The average molecular weight is 471 g/mol. The topological polar surface area (TPSA) is 139 Å². The summed E-state index contributed by atoms with van der Waals surface area (Å²) in [6.07, 6.45) is -1.72. The quantitative estimate of drug-likeness (QED) is 0.414. The van der Waals surface area contributed by atoms with E-state index in [4.69, 9.17) is 9.84 Å². The minimum absolute atomic E-state index is 0.0154. The van der Waals surface area contributed by atoms with Crippen LogP contribution in [0.2, 0.25) is 0 Å². The predicted octanol–water partition coefficient (Wildman–Crippen LogP) is 2.46. The van der Waals surface area contributed by atoms with Crippen LogP contribution in [0.5, 0.6) is 0 Å². The zero-order chi connectivity index (χ0) is 23.8. The van der Waals surface area contributed by atoms with E-state index in [-0.39, 0.29) is 11.5 Å². The third kappa shape index (κ3) is 6.61. The first-order valence-corrected chi connectivity index (χ1v) is 11.4. The molecule has 10 heteroatoms. The Balaban J connectivity index is 1.65. The van der Waals surface area contributed by atoms with Crippen LogP contribution >= 0.6 is 0 Å². The Morgan fingerprint density at radius 2 is 1.58 bits per heavy atom. The number of benzene rings is 3. The van der Waals surface area contributed by atoms with Gasteiger partial charge in [0.25, 0.3) is 0 Å². The third-order valence-corrected chi connectivity index (χ3v) is 6.21. The molecular formula is C23H22N2O7S. The number of carbonyl (C=O) groups is 3. The Kier molecular flexibility index (Phi) is 7.75. The number of ether oxygens (including phenoxy) is 1. The molecule has 0 radical (unpaired) electrons. The van der Waals surface area contributed by atoms with Crippen molar-refractivity contribution in [2.24, 2.45) is 0 Å². The number of nitrogens with one attached hydrogen (secondary N) is 2. The van der Waals surface area contributed by atoms with Gasteiger partial charge in [-0.1, -0.05) is 66.7 Å². The SMILES string of the molecule is O=C(O)CC(NC(=O)OCc1ccccc1)C(=O)CNS(=O)(=O)c1cccc2ccccc12. The normalized spacial score (nSPS) is 12.1. The van der Waals surface area contributed by atoms with Crippen molar-refractivity contribution in [1.29, 1.82) is 0 Å². The fourth-order valence-corrected chi connectivity index (χ4v) is 4.35. The minimum atomic E-state index is -4.08. The molecule has 0 saturated heterocycles. The van der Waals surface area contributed by atoms with Crippen molar-refractivity contribution in [2.45, 2.75) is 24.0 Å². The Morgan fingerprint density at radius 3 is 2.30 bits per heavy atom. The molecule has 0 aliphatic heterocycles. The van der Waals surface area contributed by atoms with Crippen LogP contribution in [0, 0.1) is 0 Å². The van der Waals surface area contributed by atoms with Crippen LogP contribution in [0.15, 0.2) is 77.7 Å². The molecule has 3 rings (SSSR count). The number of ketones is 1. The van der Waals surface area contributed by atoms with Crippen LogP contribution in [0.25, 0.3) is 10.8 Å². The van der Waals surface area contributed by atoms with Gasteiger partial charge >= 0.3 is 12.1 Å². The molecule has 0 aliphatic carbocycles. The summed E-state index contributed by atoms with van der Waals surface area (Å²) >= 11 is 0. The van der Waals surface area contributed by atoms with Gasteiger partial charge in [0, 0.05) is 5.39 Å². The van der Waals surface area contributed by atoms with Gasteiger partial charge in [0.1, 0.15) is 12.6 Å². The molecule has 9 nitrogen and oxygen atoms in total. The van der Waals surface area contributed by atoms with Gasteiger partial charge in [0.15, 0.2) is 5.78 Å². The second kappa shape index (κ2) is 10.7. The minimum Gasteiger partial charge on any atom is -0.481 e. The van der Waals surface area contributed by atoms with Gasteiger partial charge in [-0.3, -0.25) is 9.59 Å². The maximum absolute atomic E-state index is 12.8. The second-order valence-electron chi connectivity index (χ2n) is 7.12. The fraction of sp³-hybridized carbons (Fsp3) is 0.174. The number of carboxylic acid groups (broad SMARTS) is 1. The summed E-state index contributed by atoms with van der Waals surface area (Å²) in [7, 11) is -4.08. The molecule has 172 valence electrons. The van der Waals surface area contributed by atoms with Gasteiger partial charge < -0.3 is 15.2 Å². The average Bonchev–Trinajstić information content (AvgIpc) is 2.81. The zero-order valence-corrected chi connectivity index (χ0v) is 18.2. The molecule has 0 saturated carbocycles. The van der Waals surface area contributed by atoms with E-state index in [0.717, 1.165) is 0 Å². The van der Waals surface area contributed by atoms with Gasteiger partial charge in [-0.05, 0) is 17.0 Å². The largest absolute Gasteiger partial charge is 0.481 e. The van der Waals surface area contributed by atoms with Crippen molar-refractivity contribution in [1.82, 2.24) is 10.0 Å². The molecule has 0 bridgehead atoms. The second-order valence-corrected chi connectivity index (χ2v) is 8.86. The number of rotatable bonds is 10. The summed E-state index contributed by atoms with van der Waals surface area (Å²) in [5.74, 6) is -2.16. The molecule has 1 amide bonds. The first-order chi connectivity index (χ1) is 15.8. The van der Waals surface area contributed by atoms with Crippen LogP contribution in [-0.2, 0) is 31.0 Å². The first kappa shape index (κ1) is 23.9. The molecule has 1 atom stereocenters. The summed E-state index contributed by atoms with van der Waals surface area (Å²) in [6.45, 7) is -0.781. The first-order valence-electron chi connectivity index (χ1n) is 9.95. The number of Topliss-reactive ketones (excluding diaryl/α,β-unsaturated/α-hetero) is 1. The molecule has 0 aromatic heterocycles. The van der Waals surface area contributed by atoms with E-state index in [1.807, 2.05) is 0 Å². The lowest BCUT2D eigenvalue weighted by Gasteiger charge is -2.16. The maximum Gasteiger partial charge on any atom is 0.408 e. The summed E-state index contributed by atoms with van der Waals surface area (Å²) in [6, 6.07) is 18.9. The van der Waals surface area contributed by atoms with E-state index in [0.29, 0.717) is 16.3 Å². The van der Waals surface area contributed by atoms with Gasteiger partial charge in [-0.2, -0.15) is 0 Å². The van der Waals surface area contributed by atoms with Crippen LogP contribution in [-0.4, -0.2) is 44.0 Å². The van der Waals surface area contributed by atoms with E-state index >= 15 is 0 Å². The highest BCUT2D eigenvalue weighted by Crippen LogP contribution is 2.22. The van der Waals surface area contributed by atoms with Crippen molar-refractivity contribution >= 4 is 38.6 Å². The zero-order valence-electron chi connectivity index (χ0n) is 17.4. The number of carboxylic acids is 1. The Morgan fingerprint density at radius 1 is 0.909 bits per heavy atom. The summed E-state index contributed by atoms with van der Waals surface area (Å²) in [5, 5.41) is 12.5. The molecule has 3 aromatic carbocycles. The lowest BCUT2D eigenvalue weighted by Crippen LogP contribution is -2.46. The summed E-state index contributed by atoms with van der Waals surface area (Å²) in [5.41, 5.74) is 0.705. The Hall–Kier alpha value is -3.76. The van der Waals surface area contributed by atoms with Gasteiger partial charge in [0.2, 0.25) is 10.0 Å². The Labute approximate surface area is 190 Å². The molecule has 3 N–H and O–H groups in total. The van der Waals surface area contributed by atoms with E-state index in [2.05, 4.69) is 10.0 Å². The van der Waals surface area contributed by atoms with Crippen LogP contribution in [0.3, 0.4) is 0 Å². The fourth-order valence-electron chi connectivity index (χ4n) is 3.12. The van der Waals surface area contributed by atoms with Crippen LogP contribution in [0.1, 0.15) is 12.0 Å². The van der Waals surface area contributed by atoms with E-state index in [1.165, 1.54) is 6.07 Å². The van der Waals surface area contributed by atoms with E-state index in [9.17, 15) is 22.8 Å². The van der Waals surface area contributed by atoms with Crippen molar-refractivity contribution in [2.75, 3.05) is 6.54 Å². The molecule has 1 unspecified atom stereocenters. The monoisotopic (exact) mass is 470 g/mol. The summed E-state index contributed by atoms with van der Waals surface area (Å²) in [4.78, 5) is 35.8. The van der Waals surface area contributed by atoms with Crippen LogP contribution < -0.4 is 10.0 Å². The molecule has 0 spiro atoms. The lowest BCUT2D eigenvalue weighted by molar-refractivity contribution is -0.139. The van der Waals surface area contributed by atoms with Crippen molar-refractivity contribution in [3.63, 3.8) is 0 Å². The number of alkyl carbamates (subject to hydrolysis) is 1. The van der Waals surface area contributed by atoms with Crippen molar-refractivity contribution in [3.05, 3.63) is 78.4 Å². The van der Waals surface area contributed by atoms with Gasteiger partial charge in [0.05, 0.1) is 17.9 Å². The van der Waals surface area contributed by atoms with E-state index < -0.39 is 46.9 Å². The standard InChI is InChI=1S/C23H22N2O7S/c26-20(14-24-33(30,31)21-12-6-10-17-9-4-5-11-18(17)21)19(13-22(27)28)25-23(29)32-15-16-7-2-1-3-8-16/h1-12,19,24H,13-15H2,(H,25,29)(H,27,28). The molecule has 0 aliphatic rings. The number of sulfonamides is 1. The maximum atomic E-state index is 12.8. The number of hydrogen-bond donors (Lipinski definition) is 3. The molecular weight excluding hydrogens is 448 g/mol. The third-order valence-electron chi connectivity index (χ3n) is 4.75. The smallest absolute Gasteiger partial charge is 0.408 e. The van der Waals surface area contributed by atoms with Crippen molar-refractivity contribution in [3.8, 4) is 0 Å². The number of hydrogen-bond acceptors (Lipinski definition) is 6. The summed E-state index contributed by atoms with van der Waals surface area (Å²) < 4.78 is 32.8. The molecule has 0 fully saturated rings. The predicted molar refractivity (Wildman–Crippen MR) is 120 cm³/mol. The lowest BCUT2D eigenvalue weighted by atomic mass is 10.1. The van der Waals surface area contributed by atoms with Crippen molar-refractivity contribution < 1.29 is 32.6 Å². The van der Waals surface area contributed by atoms with Gasteiger partial charge in [-0.15, -0.1) is 0 Å². The molecule has 33 heavy (non-hydrogen) atoms. The highest BCUT2D eigenvalue weighted by atomic mass is 32.2. The number of amides is 1. The van der Waals surface area contributed by atoms with Crippen LogP contribution in [0.4, 0.5) is 4.79 Å². The highest BCUT2D eigenvalue weighted by molar-refractivity contribution is 7.89. The van der Waals surface area contributed by atoms with Gasteiger partial charge in [-0.25, -0.2) is 17.9 Å². The molecule has 3 aromatic rings. The number of carbonyl (C=O) groups excluding carboxylic acids is 2. The molecule has 0 heterocycles. The number of aliphatic carboxylic acids is 1. The highest BCUT2D eigenvalue weighted by Gasteiger charge is 2.26. The Bertz CT molecular complexity index is 1250.